The molecular formula is C19H19N5O3S. The fourth-order valence-electron chi connectivity index (χ4n) is 2.75. The van der Waals surface area contributed by atoms with Gasteiger partial charge in [-0.05, 0) is 26.0 Å². The fourth-order valence-corrected chi connectivity index (χ4v) is 3.49. The lowest BCUT2D eigenvalue weighted by molar-refractivity contribution is -0.137. The molecule has 8 nitrogen and oxygen atoms in total. The van der Waals surface area contributed by atoms with Gasteiger partial charge in [-0.2, -0.15) is 5.10 Å². The molecule has 0 spiro atoms. The van der Waals surface area contributed by atoms with Crippen LogP contribution < -0.4 is 5.43 Å². The van der Waals surface area contributed by atoms with E-state index in [2.05, 4.69) is 20.5 Å². The molecule has 3 rings (SSSR count). The minimum atomic E-state index is -0.928. The number of aliphatic carboxylic acids is 1. The molecular weight excluding hydrogens is 378 g/mol. The zero-order valence-corrected chi connectivity index (χ0v) is 16.2. The second kappa shape index (κ2) is 8.66. The van der Waals surface area contributed by atoms with Gasteiger partial charge in [-0.3, -0.25) is 9.59 Å². The van der Waals surface area contributed by atoms with E-state index in [1.54, 1.807) is 10.8 Å². The van der Waals surface area contributed by atoms with Crippen LogP contribution >= 0.6 is 11.8 Å². The molecule has 0 atom stereocenters. The van der Waals surface area contributed by atoms with Crippen LogP contribution in [0.15, 0.2) is 46.8 Å². The number of para-hydroxylation sites is 1. The van der Waals surface area contributed by atoms with Crippen LogP contribution in [0.5, 0.6) is 0 Å². The second-order valence-electron chi connectivity index (χ2n) is 6.14. The number of hydrogen-bond donors (Lipinski definition) is 2. The minimum Gasteiger partial charge on any atom is -0.480 e. The molecule has 2 heterocycles. The Bertz CT molecular complexity index is 1040. The summed E-state index contributed by atoms with van der Waals surface area (Å²) in [6.45, 7) is 3.61. The molecule has 1 aromatic carbocycles. The summed E-state index contributed by atoms with van der Waals surface area (Å²) < 4.78 is 1.63. The Hall–Kier alpha value is -3.20. The monoisotopic (exact) mass is 397 g/mol. The van der Waals surface area contributed by atoms with Gasteiger partial charge < -0.3 is 9.67 Å². The summed E-state index contributed by atoms with van der Waals surface area (Å²) in [5.41, 5.74) is 5.70. The smallest absolute Gasteiger partial charge is 0.323 e. The average Bonchev–Trinajstić information content (AvgIpc) is 2.96. The first-order chi connectivity index (χ1) is 13.4. The number of benzene rings is 1. The van der Waals surface area contributed by atoms with Crippen molar-refractivity contribution >= 4 is 40.8 Å². The van der Waals surface area contributed by atoms with Crippen molar-refractivity contribution in [3.05, 3.63) is 53.5 Å². The number of amides is 1. The van der Waals surface area contributed by atoms with E-state index in [4.69, 9.17) is 5.11 Å². The predicted molar refractivity (Wildman–Crippen MR) is 108 cm³/mol. The van der Waals surface area contributed by atoms with Crippen molar-refractivity contribution in [3.63, 3.8) is 0 Å². The van der Waals surface area contributed by atoms with Gasteiger partial charge in [-0.25, -0.2) is 15.4 Å². The van der Waals surface area contributed by atoms with Gasteiger partial charge in [0, 0.05) is 34.1 Å². The lowest BCUT2D eigenvalue weighted by Crippen LogP contribution is -2.19. The number of hydrazone groups is 1. The van der Waals surface area contributed by atoms with Crippen molar-refractivity contribution in [1.82, 2.24) is 20.0 Å². The first kappa shape index (κ1) is 19.6. The zero-order valence-electron chi connectivity index (χ0n) is 15.4. The van der Waals surface area contributed by atoms with Crippen molar-refractivity contribution in [2.75, 3.05) is 5.75 Å². The zero-order chi connectivity index (χ0) is 20.1. The third-order valence-corrected chi connectivity index (χ3v) is 4.66. The third-order valence-electron chi connectivity index (χ3n) is 3.81. The predicted octanol–water partition coefficient (Wildman–Crippen LogP) is 2.38. The van der Waals surface area contributed by atoms with Crippen LogP contribution in [0.2, 0.25) is 0 Å². The Labute approximate surface area is 165 Å². The van der Waals surface area contributed by atoms with E-state index in [-0.39, 0.29) is 18.2 Å². The molecule has 3 aromatic rings. The molecule has 1 amide bonds. The number of hydrogen-bond acceptors (Lipinski definition) is 6. The molecule has 0 aliphatic heterocycles. The van der Waals surface area contributed by atoms with Crippen LogP contribution in [0.25, 0.3) is 10.9 Å². The van der Waals surface area contributed by atoms with Gasteiger partial charge in [0.15, 0.2) is 5.16 Å². The Kier molecular flexibility index (Phi) is 6.05. The highest BCUT2D eigenvalue weighted by atomic mass is 32.2. The van der Waals surface area contributed by atoms with E-state index >= 15 is 0 Å². The van der Waals surface area contributed by atoms with Crippen molar-refractivity contribution < 1.29 is 14.7 Å². The van der Waals surface area contributed by atoms with Gasteiger partial charge in [0.2, 0.25) is 0 Å². The van der Waals surface area contributed by atoms with E-state index in [0.717, 1.165) is 27.9 Å². The molecule has 0 bridgehead atoms. The number of aromatic nitrogens is 3. The van der Waals surface area contributed by atoms with Crippen LogP contribution in [0.4, 0.5) is 0 Å². The largest absolute Gasteiger partial charge is 0.480 e. The van der Waals surface area contributed by atoms with Gasteiger partial charge in [-0.1, -0.05) is 30.0 Å². The number of carboxylic acid groups (broad SMARTS) is 1. The lowest BCUT2D eigenvalue weighted by Gasteiger charge is -2.02. The number of nitrogens with zero attached hydrogens (tertiary/aromatic N) is 4. The number of carbonyl (C=O) groups excluding carboxylic acids is 1. The number of nitrogens with one attached hydrogen (secondary N) is 1. The number of carbonyl (C=O) groups is 2. The molecule has 0 saturated heterocycles. The molecule has 0 fully saturated rings. The second-order valence-corrected chi connectivity index (χ2v) is 7.08. The van der Waals surface area contributed by atoms with Gasteiger partial charge >= 0.3 is 5.97 Å². The number of thioether (sulfide) groups is 1. The van der Waals surface area contributed by atoms with Gasteiger partial charge in [0.25, 0.3) is 5.91 Å². The summed E-state index contributed by atoms with van der Waals surface area (Å²) in [6, 6.07) is 9.30. The number of aryl methyl sites for hydroxylation is 2. The summed E-state index contributed by atoms with van der Waals surface area (Å²) in [6.07, 6.45) is 3.21. The molecule has 28 heavy (non-hydrogen) atoms. The molecule has 0 aliphatic carbocycles. The molecule has 2 N–H and O–H groups in total. The van der Waals surface area contributed by atoms with Gasteiger partial charge in [0.05, 0.1) is 12.0 Å². The normalized spacial score (nSPS) is 11.2. The number of rotatable bonds is 7. The first-order valence-electron chi connectivity index (χ1n) is 8.49. The number of carboxylic acids is 1. The Balaban J connectivity index is 1.64. The summed E-state index contributed by atoms with van der Waals surface area (Å²) in [4.78, 5) is 31.6. The summed E-state index contributed by atoms with van der Waals surface area (Å²) in [5.74, 6) is -1.07. The van der Waals surface area contributed by atoms with Crippen LogP contribution in [0.3, 0.4) is 0 Å². The van der Waals surface area contributed by atoms with E-state index in [9.17, 15) is 9.59 Å². The number of fused-ring (bicyclic) bond motifs is 1. The highest BCUT2D eigenvalue weighted by molar-refractivity contribution is 7.99. The Morgan fingerprint density at radius 1 is 1.25 bits per heavy atom. The van der Waals surface area contributed by atoms with Crippen LogP contribution in [0.1, 0.15) is 17.0 Å². The topological polar surface area (TPSA) is 109 Å². The first-order valence-corrected chi connectivity index (χ1v) is 9.47. The van der Waals surface area contributed by atoms with Crippen LogP contribution in [-0.4, -0.2) is 43.5 Å². The molecule has 144 valence electrons. The minimum absolute atomic E-state index is 0.140. The lowest BCUT2D eigenvalue weighted by atomic mass is 10.2. The summed E-state index contributed by atoms with van der Waals surface area (Å²) in [5, 5.41) is 14.5. The van der Waals surface area contributed by atoms with E-state index in [0.29, 0.717) is 5.16 Å². The standard InChI is InChI=1S/C19H19N5O3S/c1-12-7-13(2)22-19(21-12)28-11-17(25)23-20-8-14-9-24(10-18(26)27)16-6-4-3-5-15(14)16/h3-9H,10-11H2,1-2H3,(H,23,25)(H,26,27)/b20-8-. The van der Waals surface area contributed by atoms with Gasteiger partial charge in [-0.15, -0.1) is 0 Å². The Morgan fingerprint density at radius 3 is 2.68 bits per heavy atom. The molecule has 9 heteroatoms. The quantitative estimate of drug-likeness (QED) is 0.274. The van der Waals surface area contributed by atoms with Gasteiger partial charge in [0.1, 0.15) is 6.54 Å². The highest BCUT2D eigenvalue weighted by Crippen LogP contribution is 2.20. The van der Waals surface area contributed by atoms with Crippen molar-refractivity contribution in [2.24, 2.45) is 5.10 Å². The third kappa shape index (κ3) is 4.95. The van der Waals surface area contributed by atoms with E-state index in [1.165, 1.54) is 18.0 Å². The molecule has 0 unspecified atom stereocenters. The van der Waals surface area contributed by atoms with E-state index < -0.39 is 5.97 Å². The van der Waals surface area contributed by atoms with E-state index in [1.807, 2.05) is 44.2 Å². The maximum atomic E-state index is 12.0. The summed E-state index contributed by atoms with van der Waals surface area (Å²) >= 11 is 1.24. The highest BCUT2D eigenvalue weighted by Gasteiger charge is 2.09. The fraction of sp³-hybridized carbons (Fsp3) is 0.211. The molecule has 2 aromatic heterocycles. The molecule has 0 saturated carbocycles. The molecule has 0 aliphatic rings. The SMILES string of the molecule is Cc1cc(C)nc(SCC(=O)N/N=C\c2cn(CC(=O)O)c3ccccc23)n1. The van der Waals surface area contributed by atoms with Crippen molar-refractivity contribution in [1.29, 1.82) is 0 Å². The maximum Gasteiger partial charge on any atom is 0.323 e. The Morgan fingerprint density at radius 2 is 1.96 bits per heavy atom. The maximum absolute atomic E-state index is 12.0. The van der Waals surface area contributed by atoms with Crippen molar-refractivity contribution in [3.8, 4) is 0 Å². The van der Waals surface area contributed by atoms with Crippen LogP contribution in [0, 0.1) is 13.8 Å². The summed E-state index contributed by atoms with van der Waals surface area (Å²) in [7, 11) is 0. The average molecular weight is 397 g/mol. The van der Waals surface area contributed by atoms with Crippen molar-refractivity contribution in [2.45, 2.75) is 25.5 Å². The van der Waals surface area contributed by atoms with Crippen LogP contribution in [-0.2, 0) is 16.1 Å². The molecule has 0 radical (unpaired) electrons.